The average molecular weight is 417 g/mol. The Balaban J connectivity index is 1.65. The highest BCUT2D eigenvalue weighted by Crippen LogP contribution is 2.33. The minimum atomic E-state index is -0.625. The Kier molecular flexibility index (Phi) is 4.58. The van der Waals surface area contributed by atoms with Crippen molar-refractivity contribution in [3.8, 4) is 34.4 Å². The fourth-order valence-corrected chi connectivity index (χ4v) is 3.94. The van der Waals surface area contributed by atoms with Gasteiger partial charge in [-0.2, -0.15) is 4.98 Å². The maximum atomic E-state index is 12.7. The lowest BCUT2D eigenvalue weighted by Crippen LogP contribution is -2.37. The highest BCUT2D eigenvalue weighted by Gasteiger charge is 2.27. The molecular weight excluding hydrogens is 398 g/mol. The lowest BCUT2D eigenvalue weighted by molar-refractivity contribution is 0.112. The molecule has 156 valence electrons. The van der Waals surface area contributed by atoms with E-state index in [1.807, 2.05) is 0 Å². The molecule has 1 saturated carbocycles. The van der Waals surface area contributed by atoms with Crippen LogP contribution in [0.3, 0.4) is 0 Å². The summed E-state index contributed by atoms with van der Waals surface area (Å²) in [5.41, 5.74) is 0.329. The maximum absolute atomic E-state index is 12.7. The molecule has 0 radical (unpaired) electrons. The quantitative estimate of drug-likeness (QED) is 0.469. The van der Waals surface area contributed by atoms with Crippen molar-refractivity contribution < 1.29 is 9.21 Å². The van der Waals surface area contributed by atoms with E-state index < -0.39 is 11.2 Å². The van der Waals surface area contributed by atoms with Gasteiger partial charge in [0, 0.05) is 18.2 Å². The van der Waals surface area contributed by atoms with E-state index in [2.05, 4.69) is 15.1 Å². The Bertz CT molecular complexity index is 1360. The predicted octanol–water partition coefficient (Wildman–Crippen LogP) is 2.69. The fraction of sp³-hybridized carbons (Fsp3) is 0.273. The van der Waals surface area contributed by atoms with Crippen LogP contribution < -0.4 is 11.2 Å². The van der Waals surface area contributed by atoms with Gasteiger partial charge in [-0.25, -0.2) is 14.5 Å². The standard InChI is InChI=1S/C22H19N5O4/c1-26-21(29)18-20(24-22(26)30)27(15-4-2-3-5-15)25-19(23-18)17-11-10-16(31-17)14-8-6-13(12-28)7-9-14/h6-12,15H,2-5H2,1H3. The van der Waals surface area contributed by atoms with Gasteiger partial charge in [0.15, 0.2) is 17.3 Å². The molecule has 1 aromatic carbocycles. The Morgan fingerprint density at radius 3 is 2.42 bits per heavy atom. The molecule has 3 aliphatic rings. The lowest BCUT2D eigenvalue weighted by Gasteiger charge is -2.18. The molecule has 0 unspecified atom stereocenters. The fourth-order valence-electron chi connectivity index (χ4n) is 3.94. The third-order valence-electron chi connectivity index (χ3n) is 5.67. The molecule has 2 aromatic rings. The molecule has 9 heteroatoms. The first-order valence-corrected chi connectivity index (χ1v) is 10.1. The smallest absolute Gasteiger partial charge is 0.352 e. The number of fused-ring (bicyclic) bond motifs is 1. The topological polar surface area (TPSA) is 113 Å². The van der Waals surface area contributed by atoms with Crippen LogP contribution in [-0.4, -0.2) is 30.6 Å². The molecule has 0 N–H and O–H groups in total. The van der Waals surface area contributed by atoms with Crippen LogP contribution in [0.4, 0.5) is 0 Å². The monoisotopic (exact) mass is 417 g/mol. The molecule has 9 nitrogen and oxygen atoms in total. The van der Waals surface area contributed by atoms with Crippen LogP contribution in [0.15, 0.2) is 50.4 Å². The number of rotatable bonds is 4. The zero-order valence-electron chi connectivity index (χ0n) is 16.8. The van der Waals surface area contributed by atoms with Crippen molar-refractivity contribution in [3.05, 3.63) is 62.8 Å². The van der Waals surface area contributed by atoms with Crippen LogP contribution in [0.2, 0.25) is 0 Å². The Labute approximate surface area is 176 Å². The number of aromatic nitrogens is 5. The van der Waals surface area contributed by atoms with E-state index >= 15 is 0 Å². The number of nitrogens with zero attached hydrogens (tertiary/aromatic N) is 5. The summed E-state index contributed by atoms with van der Waals surface area (Å²) >= 11 is 0. The minimum Gasteiger partial charge on any atom is -0.453 e. The van der Waals surface area contributed by atoms with Crippen molar-refractivity contribution in [1.82, 2.24) is 24.3 Å². The van der Waals surface area contributed by atoms with Gasteiger partial charge in [-0.05, 0) is 25.0 Å². The number of benzene rings is 1. The van der Waals surface area contributed by atoms with Crippen molar-refractivity contribution in [2.45, 2.75) is 31.7 Å². The van der Waals surface area contributed by atoms with Gasteiger partial charge in [0.2, 0.25) is 5.82 Å². The van der Waals surface area contributed by atoms with Crippen molar-refractivity contribution >= 4 is 6.29 Å². The van der Waals surface area contributed by atoms with E-state index in [0.29, 0.717) is 17.1 Å². The zero-order chi connectivity index (χ0) is 21.5. The molecule has 0 bridgehead atoms. The third kappa shape index (κ3) is 3.27. The second-order valence-corrected chi connectivity index (χ2v) is 7.65. The Morgan fingerprint density at radius 1 is 1.00 bits per heavy atom. The maximum Gasteiger partial charge on any atom is 0.352 e. The number of furan rings is 1. The summed E-state index contributed by atoms with van der Waals surface area (Å²) in [6, 6.07) is 10.6. The minimum absolute atomic E-state index is 0.0496. The second kappa shape index (κ2) is 7.42. The second-order valence-electron chi connectivity index (χ2n) is 7.65. The molecule has 0 spiro atoms. The van der Waals surface area contributed by atoms with Gasteiger partial charge in [-0.1, -0.05) is 37.1 Å². The number of aldehydes is 1. The Morgan fingerprint density at radius 2 is 1.71 bits per heavy atom. The van der Waals surface area contributed by atoms with Crippen molar-refractivity contribution in [3.63, 3.8) is 0 Å². The summed E-state index contributed by atoms with van der Waals surface area (Å²) in [6.07, 6.45) is 4.68. The van der Waals surface area contributed by atoms with Crippen molar-refractivity contribution in [2.75, 3.05) is 0 Å². The SMILES string of the molecule is Cn1c(=O)nc2n(C3CCCC3)nc(-c3ccc(-c4ccc(C=O)cc4)o3)nc-2c1=O. The van der Waals surface area contributed by atoms with Crippen molar-refractivity contribution in [2.24, 2.45) is 7.05 Å². The van der Waals surface area contributed by atoms with Gasteiger partial charge in [0.25, 0.3) is 5.56 Å². The molecule has 1 aromatic heterocycles. The summed E-state index contributed by atoms with van der Waals surface area (Å²) < 4.78 is 8.58. The summed E-state index contributed by atoms with van der Waals surface area (Å²) in [7, 11) is 1.38. The van der Waals surface area contributed by atoms with Crippen molar-refractivity contribution in [1.29, 1.82) is 0 Å². The molecule has 2 aliphatic heterocycles. The van der Waals surface area contributed by atoms with Crippen LogP contribution in [0.1, 0.15) is 42.1 Å². The van der Waals surface area contributed by atoms with Gasteiger partial charge in [0.1, 0.15) is 12.0 Å². The highest BCUT2D eigenvalue weighted by molar-refractivity contribution is 5.76. The van der Waals surface area contributed by atoms with Gasteiger partial charge in [-0.3, -0.25) is 14.2 Å². The first-order chi connectivity index (χ1) is 15.0. The van der Waals surface area contributed by atoms with Gasteiger partial charge in [-0.15, -0.1) is 5.10 Å². The molecule has 5 rings (SSSR count). The van der Waals surface area contributed by atoms with Crippen LogP contribution in [-0.2, 0) is 7.05 Å². The number of hydrogen-bond acceptors (Lipinski definition) is 7. The number of carbonyl (C=O) groups excluding carboxylic acids is 1. The first kappa shape index (κ1) is 19.1. The van der Waals surface area contributed by atoms with E-state index in [9.17, 15) is 14.4 Å². The van der Waals surface area contributed by atoms with E-state index in [1.165, 1.54) is 7.05 Å². The van der Waals surface area contributed by atoms with E-state index in [4.69, 9.17) is 4.42 Å². The lowest BCUT2D eigenvalue weighted by atomic mass is 10.1. The summed E-state index contributed by atoms with van der Waals surface area (Å²) in [6.45, 7) is 0. The molecule has 1 aliphatic carbocycles. The number of carbonyl (C=O) groups is 1. The van der Waals surface area contributed by atoms with E-state index in [1.54, 1.807) is 41.1 Å². The van der Waals surface area contributed by atoms with Gasteiger partial charge >= 0.3 is 5.69 Å². The Hall–Kier alpha value is -3.88. The molecular formula is C22H19N5O4. The highest BCUT2D eigenvalue weighted by atomic mass is 16.3. The summed E-state index contributed by atoms with van der Waals surface area (Å²) in [5, 5.41) is 4.62. The predicted molar refractivity (Wildman–Crippen MR) is 112 cm³/mol. The number of hydrogen-bond donors (Lipinski definition) is 0. The summed E-state index contributed by atoms with van der Waals surface area (Å²) in [5.74, 6) is 1.45. The average Bonchev–Trinajstić information content (AvgIpc) is 3.50. The largest absolute Gasteiger partial charge is 0.453 e. The summed E-state index contributed by atoms with van der Waals surface area (Å²) in [4.78, 5) is 44.2. The molecule has 0 atom stereocenters. The molecule has 0 amide bonds. The van der Waals surface area contributed by atoms with E-state index in [-0.39, 0.29) is 23.4 Å². The van der Waals surface area contributed by atoms with Gasteiger partial charge in [0.05, 0.1) is 6.04 Å². The normalized spacial score (nSPS) is 14.4. The zero-order valence-corrected chi connectivity index (χ0v) is 16.8. The molecule has 1 fully saturated rings. The van der Waals surface area contributed by atoms with Crippen LogP contribution >= 0.6 is 0 Å². The van der Waals surface area contributed by atoms with Crippen LogP contribution in [0.5, 0.6) is 0 Å². The van der Waals surface area contributed by atoms with Gasteiger partial charge < -0.3 is 4.42 Å². The third-order valence-corrected chi connectivity index (χ3v) is 5.67. The van der Waals surface area contributed by atoms with E-state index in [0.717, 1.165) is 42.1 Å². The van der Waals surface area contributed by atoms with Crippen LogP contribution in [0.25, 0.3) is 34.4 Å². The first-order valence-electron chi connectivity index (χ1n) is 10.1. The molecule has 3 heterocycles. The molecule has 0 saturated heterocycles. The molecule has 31 heavy (non-hydrogen) atoms. The van der Waals surface area contributed by atoms with Crippen LogP contribution in [0, 0.1) is 0 Å².